The Hall–Kier alpha value is -3.66. The number of carbonyl (C=O) groups excluding carboxylic acids is 3. The Morgan fingerprint density at radius 2 is 1.73 bits per heavy atom. The third-order valence-corrected chi connectivity index (χ3v) is 9.97. The van der Waals surface area contributed by atoms with Crippen LogP contribution in [0.2, 0.25) is 0 Å². The number of likely N-dealkylation sites (tertiary alicyclic amines) is 1. The highest BCUT2D eigenvalue weighted by molar-refractivity contribution is 6.03. The summed E-state index contributed by atoms with van der Waals surface area (Å²) in [6, 6.07) is 8.55. The van der Waals surface area contributed by atoms with Crippen molar-refractivity contribution in [2.24, 2.45) is 5.73 Å². The molecule has 5 N–H and O–H groups in total. The SMILES string of the molecule is CCC(CC)Nc1cc(C(=O)NC2CC3CCC(C2)N3c2ccc(C(=O)NCC3CCCN3CC)cn2)c(C)cc1C(N)=O. The number of nitrogens with one attached hydrogen (secondary N) is 3. The minimum atomic E-state index is -0.507. The number of carbonyl (C=O) groups is 3. The highest BCUT2D eigenvalue weighted by Gasteiger charge is 2.42. The molecule has 5 rings (SSSR count). The van der Waals surface area contributed by atoms with E-state index in [2.05, 4.69) is 46.5 Å². The summed E-state index contributed by atoms with van der Waals surface area (Å²) in [6.45, 7) is 11.0. The Morgan fingerprint density at radius 3 is 2.34 bits per heavy atom. The molecule has 0 spiro atoms. The molecule has 10 nitrogen and oxygen atoms in total. The second-order valence-corrected chi connectivity index (χ2v) is 12.7. The van der Waals surface area contributed by atoms with Gasteiger partial charge in [0.15, 0.2) is 0 Å². The lowest BCUT2D eigenvalue weighted by atomic mass is 9.95. The summed E-state index contributed by atoms with van der Waals surface area (Å²) in [5.74, 6) is 0.180. The molecule has 0 saturated carbocycles. The van der Waals surface area contributed by atoms with Crippen molar-refractivity contribution in [2.45, 2.75) is 109 Å². The van der Waals surface area contributed by atoms with E-state index >= 15 is 0 Å². The molecule has 1 aromatic carbocycles. The van der Waals surface area contributed by atoms with Crippen LogP contribution in [0.5, 0.6) is 0 Å². The zero-order chi connectivity index (χ0) is 31.4. The summed E-state index contributed by atoms with van der Waals surface area (Å²) in [7, 11) is 0. The predicted octanol–water partition coefficient (Wildman–Crippen LogP) is 4.23. The van der Waals surface area contributed by atoms with Gasteiger partial charge in [-0.05, 0) is 101 Å². The maximum absolute atomic E-state index is 13.5. The van der Waals surface area contributed by atoms with Gasteiger partial charge in [-0.15, -0.1) is 0 Å². The Kier molecular flexibility index (Phi) is 10.1. The lowest BCUT2D eigenvalue weighted by molar-refractivity contribution is 0.0922. The zero-order valence-corrected chi connectivity index (χ0v) is 26.7. The highest BCUT2D eigenvalue weighted by Crippen LogP contribution is 2.39. The Morgan fingerprint density at radius 1 is 1.00 bits per heavy atom. The van der Waals surface area contributed by atoms with Crippen molar-refractivity contribution in [1.29, 1.82) is 0 Å². The second-order valence-electron chi connectivity index (χ2n) is 12.7. The maximum atomic E-state index is 13.5. The van der Waals surface area contributed by atoms with Crippen molar-refractivity contribution < 1.29 is 14.4 Å². The fourth-order valence-electron chi connectivity index (χ4n) is 7.45. The minimum Gasteiger partial charge on any atom is -0.382 e. The molecule has 3 aliphatic heterocycles. The third kappa shape index (κ3) is 6.85. The smallest absolute Gasteiger partial charge is 0.252 e. The van der Waals surface area contributed by atoms with Gasteiger partial charge in [-0.25, -0.2) is 4.98 Å². The van der Waals surface area contributed by atoms with E-state index in [4.69, 9.17) is 10.7 Å². The van der Waals surface area contributed by atoms with E-state index in [1.807, 2.05) is 19.1 Å². The molecule has 0 aliphatic carbocycles. The summed E-state index contributed by atoms with van der Waals surface area (Å²) < 4.78 is 0. The van der Waals surface area contributed by atoms with Gasteiger partial charge >= 0.3 is 0 Å². The summed E-state index contributed by atoms with van der Waals surface area (Å²) >= 11 is 0. The van der Waals surface area contributed by atoms with E-state index < -0.39 is 5.91 Å². The van der Waals surface area contributed by atoms with E-state index in [1.165, 1.54) is 6.42 Å². The number of hydrogen-bond donors (Lipinski definition) is 4. The van der Waals surface area contributed by atoms with E-state index in [9.17, 15) is 14.4 Å². The van der Waals surface area contributed by atoms with Crippen LogP contribution >= 0.6 is 0 Å². The Balaban J connectivity index is 1.20. The average molecular weight is 604 g/mol. The number of likely N-dealkylation sites (N-methyl/N-ethyl adjacent to an activating group) is 1. The number of nitrogens with zero attached hydrogens (tertiary/aromatic N) is 3. The van der Waals surface area contributed by atoms with Crippen LogP contribution in [0.1, 0.15) is 109 Å². The van der Waals surface area contributed by atoms with Crippen LogP contribution in [0.3, 0.4) is 0 Å². The van der Waals surface area contributed by atoms with Crippen LogP contribution in [-0.4, -0.2) is 77.4 Å². The molecular weight excluding hydrogens is 554 g/mol. The first-order valence-electron chi connectivity index (χ1n) is 16.5. The molecule has 10 heteroatoms. The van der Waals surface area contributed by atoms with E-state index in [-0.39, 0.29) is 36.0 Å². The van der Waals surface area contributed by atoms with E-state index in [1.54, 1.807) is 18.3 Å². The number of fused-ring (bicyclic) bond motifs is 2. The van der Waals surface area contributed by atoms with E-state index in [0.717, 1.165) is 69.4 Å². The quantitative estimate of drug-likeness (QED) is 0.285. The zero-order valence-electron chi connectivity index (χ0n) is 26.7. The lowest BCUT2D eigenvalue weighted by Crippen LogP contribution is -2.51. The van der Waals surface area contributed by atoms with Gasteiger partial charge in [0, 0.05) is 54.2 Å². The molecular formula is C34H49N7O3. The number of aromatic nitrogens is 1. The normalized spacial score (nSPS) is 23.2. The lowest BCUT2D eigenvalue weighted by Gasteiger charge is -2.40. The summed E-state index contributed by atoms with van der Waals surface area (Å²) in [6.07, 6.45) is 9.56. The van der Waals surface area contributed by atoms with Gasteiger partial charge in [0.25, 0.3) is 17.7 Å². The number of primary amides is 1. The first-order chi connectivity index (χ1) is 21.2. The molecule has 238 valence electrons. The average Bonchev–Trinajstić information content (AvgIpc) is 3.59. The van der Waals surface area contributed by atoms with Crippen LogP contribution in [0, 0.1) is 6.92 Å². The standard InChI is InChI=1S/C34H49N7O3/c1-5-23(6-2)38-30-18-28(21(4)15-29(30)32(35)42)34(44)39-24-16-25-11-12-26(17-24)41(25)31-13-10-22(19-36-31)33(43)37-20-27-9-8-14-40(27)7-3/h10,13,15,18-19,23-27,38H,5-9,11-12,14,16-17,20H2,1-4H3,(H2,35,42)(H,37,43)(H,39,44). The number of amides is 3. The van der Waals surface area contributed by atoms with Crippen molar-refractivity contribution in [1.82, 2.24) is 20.5 Å². The molecule has 3 aliphatic rings. The molecule has 2 bridgehead atoms. The predicted molar refractivity (Wildman–Crippen MR) is 174 cm³/mol. The first-order valence-corrected chi connectivity index (χ1v) is 16.5. The molecule has 3 amide bonds. The fourth-order valence-corrected chi connectivity index (χ4v) is 7.45. The van der Waals surface area contributed by atoms with Crippen LogP contribution in [0.25, 0.3) is 0 Å². The van der Waals surface area contributed by atoms with Crippen LogP contribution < -0.4 is 26.6 Å². The Labute approximate surface area is 261 Å². The fraction of sp³-hybridized carbons (Fsp3) is 0.588. The topological polar surface area (TPSA) is 133 Å². The maximum Gasteiger partial charge on any atom is 0.252 e. The number of pyridine rings is 1. The van der Waals surface area contributed by atoms with E-state index in [0.29, 0.717) is 35.0 Å². The number of nitrogens with two attached hydrogens (primary N) is 1. The Bertz CT molecular complexity index is 1330. The highest BCUT2D eigenvalue weighted by atomic mass is 16.2. The molecule has 4 heterocycles. The van der Waals surface area contributed by atoms with Crippen molar-refractivity contribution in [2.75, 3.05) is 29.9 Å². The number of benzene rings is 1. The van der Waals surface area contributed by atoms with Gasteiger partial charge in [0.05, 0.1) is 11.1 Å². The minimum absolute atomic E-state index is 0.0465. The third-order valence-electron chi connectivity index (χ3n) is 9.97. The molecule has 44 heavy (non-hydrogen) atoms. The molecule has 2 aromatic rings. The second kappa shape index (κ2) is 14.0. The van der Waals surface area contributed by atoms with Crippen LogP contribution in [0.15, 0.2) is 30.5 Å². The molecule has 3 unspecified atom stereocenters. The van der Waals surface area contributed by atoms with Crippen LogP contribution in [-0.2, 0) is 0 Å². The van der Waals surface area contributed by atoms with Gasteiger partial charge in [-0.1, -0.05) is 20.8 Å². The van der Waals surface area contributed by atoms with Gasteiger partial charge < -0.3 is 26.6 Å². The van der Waals surface area contributed by atoms with Crippen molar-refractivity contribution in [3.8, 4) is 0 Å². The molecule has 1 aromatic heterocycles. The first kappa shape index (κ1) is 31.8. The number of aryl methyl sites for hydroxylation is 1. The van der Waals surface area contributed by atoms with Gasteiger partial charge in [0.2, 0.25) is 0 Å². The number of rotatable bonds is 12. The molecule has 0 radical (unpaired) electrons. The summed E-state index contributed by atoms with van der Waals surface area (Å²) in [5.41, 5.74) is 8.57. The number of hydrogen-bond acceptors (Lipinski definition) is 7. The van der Waals surface area contributed by atoms with Crippen molar-refractivity contribution >= 4 is 29.2 Å². The van der Waals surface area contributed by atoms with Crippen molar-refractivity contribution in [3.63, 3.8) is 0 Å². The van der Waals surface area contributed by atoms with Gasteiger partial charge in [0.1, 0.15) is 5.82 Å². The summed E-state index contributed by atoms with van der Waals surface area (Å²) in [5, 5.41) is 9.81. The molecule has 3 atom stereocenters. The molecule has 3 fully saturated rings. The number of piperidine rings is 1. The summed E-state index contributed by atoms with van der Waals surface area (Å²) in [4.78, 5) is 48.0. The monoisotopic (exact) mass is 603 g/mol. The number of anilines is 2. The van der Waals surface area contributed by atoms with Gasteiger partial charge in [-0.2, -0.15) is 0 Å². The molecule has 3 saturated heterocycles. The van der Waals surface area contributed by atoms with Crippen molar-refractivity contribution in [3.05, 3.63) is 52.7 Å². The van der Waals surface area contributed by atoms with Gasteiger partial charge in [-0.3, -0.25) is 19.3 Å². The largest absolute Gasteiger partial charge is 0.382 e. The van der Waals surface area contributed by atoms with Crippen LogP contribution in [0.4, 0.5) is 11.5 Å².